The van der Waals surface area contributed by atoms with E-state index in [2.05, 4.69) is 10.6 Å². The number of piperidine rings is 1. The standard InChI is InChI=1S/C41H63N5O7/c1-39(2,3)30(23-45-31(48)20-40(4,5)21-32(45)49)43-38(53)44-33(25-12-7-6-8-13-25)37(52)46-22-28-27(14-15-41(28)16-17-41)34(46)29(47)19-26(35(50)36(42)51)18-24-10-9-11-24/h24-28,30,33-34H,6-23H2,1-5H3,(H2,42,51)(H2,43,44,53)/t26?,27-,28-,30+,33-,34-/m0/s1. The van der Waals surface area contributed by atoms with Crippen LogP contribution < -0.4 is 16.4 Å². The SMILES string of the molecule is CC1(C)CC(=O)N(C[C@@H](NC(=O)N[C@H](C(=O)N2C[C@H]3[C@H](CCC34CC4)[C@H]2C(=O)CC(CC2CCC2)C(=O)C(N)=O)C2CCCCC2)C(C)(C)C)C(=O)C1. The van der Waals surface area contributed by atoms with Crippen molar-refractivity contribution >= 4 is 41.2 Å². The van der Waals surface area contributed by atoms with Crippen LogP contribution in [-0.2, 0) is 28.8 Å². The third-order valence-corrected chi connectivity index (χ3v) is 14.1. The number of nitrogens with two attached hydrogens (primary N) is 1. The molecule has 6 amide bonds. The molecule has 0 aromatic rings. The molecule has 4 aliphatic carbocycles. The summed E-state index contributed by atoms with van der Waals surface area (Å²) in [5, 5.41) is 6.10. The molecule has 0 aromatic carbocycles. The lowest BCUT2D eigenvalue weighted by Gasteiger charge is -2.40. The molecule has 1 unspecified atom stereocenters. The average Bonchev–Trinajstić information content (AvgIpc) is 3.62. The lowest BCUT2D eigenvalue weighted by molar-refractivity contribution is -0.153. The average molecular weight is 738 g/mol. The van der Waals surface area contributed by atoms with Crippen LogP contribution in [0.25, 0.3) is 0 Å². The van der Waals surface area contributed by atoms with E-state index in [1.807, 2.05) is 34.6 Å². The van der Waals surface area contributed by atoms with Gasteiger partial charge in [-0.2, -0.15) is 0 Å². The highest BCUT2D eigenvalue weighted by atomic mass is 16.2. The lowest BCUT2D eigenvalue weighted by Crippen LogP contribution is -2.61. The van der Waals surface area contributed by atoms with Crippen molar-refractivity contribution in [2.45, 2.75) is 155 Å². The zero-order chi connectivity index (χ0) is 38.5. The van der Waals surface area contributed by atoms with Crippen LogP contribution in [-0.4, -0.2) is 82.2 Å². The number of amides is 6. The maximum Gasteiger partial charge on any atom is 0.315 e. The molecule has 53 heavy (non-hydrogen) atoms. The molecule has 12 heteroatoms. The van der Waals surface area contributed by atoms with Crippen LogP contribution in [0.15, 0.2) is 0 Å². The monoisotopic (exact) mass is 737 g/mol. The molecule has 1 spiro atoms. The second-order valence-corrected chi connectivity index (χ2v) is 19.6. The lowest BCUT2D eigenvalue weighted by atomic mass is 9.75. The highest BCUT2D eigenvalue weighted by Gasteiger charge is 2.63. The number of ketones is 2. The number of rotatable bonds is 13. The quantitative estimate of drug-likeness (QED) is 0.182. The Kier molecular flexibility index (Phi) is 11.2. The minimum absolute atomic E-state index is 0.0160. The summed E-state index contributed by atoms with van der Waals surface area (Å²) >= 11 is 0. The normalized spacial score (nSPS) is 28.5. The second kappa shape index (κ2) is 15.1. The van der Waals surface area contributed by atoms with Crippen LogP contribution in [0.3, 0.4) is 0 Å². The van der Waals surface area contributed by atoms with Crippen LogP contribution in [0.1, 0.15) is 137 Å². The largest absolute Gasteiger partial charge is 0.363 e. The van der Waals surface area contributed by atoms with Gasteiger partial charge in [-0.1, -0.05) is 73.1 Å². The Morgan fingerprint density at radius 3 is 2.06 bits per heavy atom. The van der Waals surface area contributed by atoms with Crippen molar-refractivity contribution < 1.29 is 33.6 Å². The molecule has 6 aliphatic rings. The summed E-state index contributed by atoms with van der Waals surface area (Å²) in [6, 6.07) is -2.70. The van der Waals surface area contributed by atoms with Crippen molar-refractivity contribution in [1.29, 1.82) is 0 Å². The topological polar surface area (TPSA) is 176 Å². The van der Waals surface area contributed by atoms with Gasteiger partial charge in [0.1, 0.15) is 6.04 Å². The van der Waals surface area contributed by atoms with Crippen molar-refractivity contribution in [3.8, 4) is 0 Å². The number of hydrogen-bond donors (Lipinski definition) is 3. The van der Waals surface area contributed by atoms with Gasteiger partial charge in [0, 0.05) is 38.3 Å². The number of urea groups is 1. The number of imide groups is 1. The molecular formula is C41H63N5O7. The zero-order valence-corrected chi connectivity index (χ0v) is 32.7. The number of carbonyl (C=O) groups excluding carboxylic acids is 7. The zero-order valence-electron chi connectivity index (χ0n) is 32.7. The molecule has 2 heterocycles. The molecule has 4 saturated carbocycles. The minimum atomic E-state index is -1.02. The number of nitrogens with one attached hydrogen (secondary N) is 2. The fraction of sp³-hybridized carbons (Fsp3) is 0.829. The molecule has 4 N–H and O–H groups in total. The number of carbonyl (C=O) groups is 7. The Bertz CT molecular complexity index is 1470. The van der Waals surface area contributed by atoms with Crippen LogP contribution in [0.4, 0.5) is 4.79 Å². The van der Waals surface area contributed by atoms with Crippen LogP contribution >= 0.6 is 0 Å². The van der Waals surface area contributed by atoms with Crippen molar-refractivity contribution in [1.82, 2.24) is 20.4 Å². The van der Waals surface area contributed by atoms with Gasteiger partial charge in [-0.25, -0.2) is 4.79 Å². The molecule has 0 aromatic heterocycles. The maximum absolute atomic E-state index is 15.0. The number of primary amides is 1. The van der Waals surface area contributed by atoms with E-state index in [4.69, 9.17) is 5.73 Å². The van der Waals surface area contributed by atoms with Crippen LogP contribution in [0, 0.1) is 45.8 Å². The fourth-order valence-corrected chi connectivity index (χ4v) is 10.5. The summed E-state index contributed by atoms with van der Waals surface area (Å²) in [7, 11) is 0. The van der Waals surface area contributed by atoms with Gasteiger partial charge in [-0.05, 0) is 84.9 Å². The van der Waals surface area contributed by atoms with E-state index in [0.29, 0.717) is 18.9 Å². The number of Topliss-reactive ketones (excluding diaryl/α,β-unsaturated/α-hetero) is 2. The number of likely N-dealkylation sites (tertiary alicyclic amines) is 2. The summed E-state index contributed by atoms with van der Waals surface area (Å²) in [5.74, 6) is -3.10. The summed E-state index contributed by atoms with van der Waals surface area (Å²) < 4.78 is 0. The summed E-state index contributed by atoms with van der Waals surface area (Å²) in [6.45, 7) is 10.1. The van der Waals surface area contributed by atoms with Gasteiger partial charge in [0.15, 0.2) is 5.78 Å². The van der Waals surface area contributed by atoms with E-state index in [0.717, 1.165) is 77.0 Å². The van der Waals surface area contributed by atoms with Crippen LogP contribution in [0.2, 0.25) is 0 Å². The molecule has 6 fully saturated rings. The van der Waals surface area contributed by atoms with E-state index in [-0.39, 0.29) is 72.5 Å². The Morgan fingerprint density at radius 2 is 1.51 bits per heavy atom. The van der Waals surface area contributed by atoms with Crippen molar-refractivity contribution in [2.75, 3.05) is 13.1 Å². The van der Waals surface area contributed by atoms with E-state index in [1.54, 1.807) is 4.90 Å². The smallest absolute Gasteiger partial charge is 0.315 e. The van der Waals surface area contributed by atoms with Crippen molar-refractivity contribution in [3.63, 3.8) is 0 Å². The molecule has 2 saturated heterocycles. The third-order valence-electron chi connectivity index (χ3n) is 14.1. The van der Waals surface area contributed by atoms with Crippen LogP contribution in [0.5, 0.6) is 0 Å². The Balaban J connectivity index is 1.22. The van der Waals surface area contributed by atoms with Gasteiger partial charge in [0.05, 0.1) is 12.1 Å². The number of hydrogen-bond acceptors (Lipinski definition) is 7. The van der Waals surface area contributed by atoms with Gasteiger partial charge in [-0.15, -0.1) is 0 Å². The van der Waals surface area contributed by atoms with E-state index in [1.165, 1.54) is 4.90 Å². The first-order chi connectivity index (χ1) is 24.9. The number of nitrogens with zero attached hydrogens (tertiary/aromatic N) is 2. The molecule has 2 aliphatic heterocycles. The summed E-state index contributed by atoms with van der Waals surface area (Å²) in [6.07, 6.45) is 12.3. The molecule has 0 bridgehead atoms. The first-order valence-corrected chi connectivity index (χ1v) is 20.5. The third kappa shape index (κ3) is 8.51. The minimum Gasteiger partial charge on any atom is -0.363 e. The molecule has 6 rings (SSSR count). The first-order valence-electron chi connectivity index (χ1n) is 20.5. The second-order valence-electron chi connectivity index (χ2n) is 19.6. The predicted molar refractivity (Wildman–Crippen MR) is 198 cm³/mol. The van der Waals surface area contributed by atoms with Gasteiger partial charge in [0.2, 0.25) is 23.5 Å². The van der Waals surface area contributed by atoms with E-state index in [9.17, 15) is 33.6 Å². The Morgan fingerprint density at radius 1 is 0.868 bits per heavy atom. The van der Waals surface area contributed by atoms with Gasteiger partial charge < -0.3 is 21.3 Å². The maximum atomic E-state index is 15.0. The summed E-state index contributed by atoms with van der Waals surface area (Å²) in [5.41, 5.74) is 4.68. The fourth-order valence-electron chi connectivity index (χ4n) is 10.5. The van der Waals surface area contributed by atoms with E-state index < -0.39 is 52.6 Å². The van der Waals surface area contributed by atoms with Gasteiger partial charge in [0.25, 0.3) is 5.91 Å². The molecular weight excluding hydrogens is 674 g/mol. The molecule has 12 nitrogen and oxygen atoms in total. The van der Waals surface area contributed by atoms with Crippen molar-refractivity contribution in [2.24, 2.45) is 51.6 Å². The first kappa shape index (κ1) is 39.4. The molecule has 0 radical (unpaired) electrons. The summed E-state index contributed by atoms with van der Waals surface area (Å²) in [4.78, 5) is 97.6. The molecule has 294 valence electrons. The Labute approximate surface area is 314 Å². The highest BCUT2D eigenvalue weighted by Crippen LogP contribution is 2.66. The van der Waals surface area contributed by atoms with E-state index >= 15 is 0 Å². The number of fused-ring (bicyclic) bond motifs is 2. The predicted octanol–water partition coefficient (Wildman–Crippen LogP) is 4.66. The van der Waals surface area contributed by atoms with Gasteiger partial charge in [-0.3, -0.25) is 33.7 Å². The Hall–Kier alpha value is -3.31. The molecule has 6 atom stereocenters. The van der Waals surface area contributed by atoms with Crippen molar-refractivity contribution in [3.05, 3.63) is 0 Å². The van der Waals surface area contributed by atoms with Gasteiger partial charge >= 0.3 is 6.03 Å². The highest BCUT2D eigenvalue weighted by molar-refractivity contribution is 6.36.